The predicted octanol–water partition coefficient (Wildman–Crippen LogP) is 10.8. The molecule has 3 N–H and O–H groups in total. The number of hydrogen-bond acceptors (Lipinski definition) is 10. The SMILES string of the molecule is Cc1nc(Cl)c(CO)n1Cc1ccc(-c2ccccc2-c2nn[nH]n2)cc1.Cc1nc(Cl)c(CO)n1Cc1ccc(-c2ccccc2-c2nnn(C(c3ccccc3)(c3ccccc3)c3ccccc3)n2)cc1. The fourth-order valence-corrected chi connectivity index (χ4v) is 9.87. The Labute approximate surface area is 431 Å². The maximum absolute atomic E-state index is 9.80. The van der Waals surface area contributed by atoms with Gasteiger partial charge in [-0.05, 0) is 74.3 Å². The molecule has 7 aromatic carbocycles. The number of aryl methyl sites for hydroxylation is 2. The number of rotatable bonds is 14. The maximum Gasteiger partial charge on any atom is 0.205 e. The highest BCUT2D eigenvalue weighted by molar-refractivity contribution is 6.30. The van der Waals surface area contributed by atoms with Crippen molar-refractivity contribution in [3.05, 3.63) is 249 Å². The van der Waals surface area contributed by atoms with Gasteiger partial charge in [-0.2, -0.15) is 5.21 Å². The summed E-state index contributed by atoms with van der Waals surface area (Å²) >= 11 is 12.3. The Hall–Kier alpha value is -8.40. The second-order valence-electron chi connectivity index (χ2n) is 17.2. The second kappa shape index (κ2) is 21.5. The largest absolute Gasteiger partial charge is 0.390 e. The van der Waals surface area contributed by atoms with Gasteiger partial charge >= 0.3 is 0 Å². The van der Waals surface area contributed by atoms with Gasteiger partial charge in [-0.1, -0.05) is 211 Å². The van der Waals surface area contributed by atoms with Crippen molar-refractivity contribution < 1.29 is 10.2 Å². The molecule has 16 heteroatoms. The number of benzene rings is 7. The molecule has 0 fully saturated rings. The first-order valence-electron chi connectivity index (χ1n) is 23.5. The van der Waals surface area contributed by atoms with Gasteiger partial charge in [0.15, 0.2) is 15.8 Å². The fraction of sp³-hybridized carbons (Fsp3) is 0.123. The lowest BCUT2D eigenvalue weighted by Crippen LogP contribution is -2.39. The molecule has 4 aromatic heterocycles. The Kier molecular flexibility index (Phi) is 14.2. The van der Waals surface area contributed by atoms with Gasteiger partial charge in [-0.25, -0.2) is 9.97 Å². The van der Waals surface area contributed by atoms with Crippen molar-refractivity contribution in [1.29, 1.82) is 0 Å². The molecule has 14 nitrogen and oxygen atoms in total. The molecule has 0 spiro atoms. The van der Waals surface area contributed by atoms with Crippen molar-refractivity contribution in [2.75, 3.05) is 0 Å². The third-order valence-electron chi connectivity index (χ3n) is 12.9. The van der Waals surface area contributed by atoms with Gasteiger partial charge in [0, 0.05) is 24.2 Å². The summed E-state index contributed by atoms with van der Waals surface area (Å²) in [4.78, 5) is 10.3. The van der Waals surface area contributed by atoms with Gasteiger partial charge in [-0.15, -0.1) is 25.2 Å². The zero-order chi connectivity index (χ0) is 50.3. The standard InChI is InChI=1S/C38H31ClN6O.C19H17ClN6O/c1-27-40-36(39)35(26-46)44(27)25-28-21-23-29(24-22-28)33-19-11-12-20-34(33)37-41-43-45(42-37)38(30-13-5-2-6-14-30,31-15-7-3-8-16-31)32-17-9-4-10-18-32;1-12-21-18(20)17(11-27)26(12)10-13-6-8-14(9-7-13)15-4-2-3-5-16(15)19-22-24-25-23-19/h2-24,46H,25-26H2,1H3;2-9,27H,10-11H2,1H3,(H,22,23,24,25). The lowest BCUT2D eigenvalue weighted by molar-refractivity contribution is 0.271. The molecule has 0 bridgehead atoms. The van der Waals surface area contributed by atoms with E-state index < -0.39 is 5.54 Å². The molecule has 0 saturated carbocycles. The number of halogens is 2. The Morgan fingerprint density at radius 2 is 0.877 bits per heavy atom. The Bertz CT molecular complexity index is 3490. The van der Waals surface area contributed by atoms with E-state index >= 15 is 0 Å². The molecular formula is C57H48Cl2N12O2. The highest BCUT2D eigenvalue weighted by Gasteiger charge is 2.41. The summed E-state index contributed by atoms with van der Waals surface area (Å²) in [5, 5.41) is 48.9. The molecule has 73 heavy (non-hydrogen) atoms. The Morgan fingerprint density at radius 1 is 0.479 bits per heavy atom. The molecule has 11 aromatic rings. The van der Waals surface area contributed by atoms with E-state index in [-0.39, 0.29) is 13.2 Å². The predicted molar refractivity (Wildman–Crippen MR) is 282 cm³/mol. The minimum absolute atomic E-state index is 0.143. The van der Waals surface area contributed by atoms with Crippen LogP contribution in [-0.2, 0) is 31.8 Å². The van der Waals surface area contributed by atoms with Crippen LogP contribution >= 0.6 is 23.2 Å². The van der Waals surface area contributed by atoms with E-state index in [9.17, 15) is 10.2 Å². The molecule has 0 saturated heterocycles. The number of aliphatic hydroxyl groups excluding tert-OH is 2. The van der Waals surface area contributed by atoms with E-state index in [1.807, 2.05) is 120 Å². The van der Waals surface area contributed by atoms with Crippen LogP contribution in [0.2, 0.25) is 10.3 Å². The summed E-state index contributed by atoms with van der Waals surface area (Å²) in [7, 11) is 0. The summed E-state index contributed by atoms with van der Waals surface area (Å²) in [6.45, 7) is 4.60. The molecule has 0 aliphatic carbocycles. The van der Waals surface area contributed by atoms with Crippen LogP contribution < -0.4 is 0 Å². The van der Waals surface area contributed by atoms with Crippen LogP contribution in [0.1, 0.15) is 50.9 Å². The first-order valence-corrected chi connectivity index (χ1v) is 24.2. The van der Waals surface area contributed by atoms with Crippen LogP contribution in [0.4, 0.5) is 0 Å². The van der Waals surface area contributed by atoms with Crippen LogP contribution in [0, 0.1) is 13.8 Å². The van der Waals surface area contributed by atoms with Gasteiger partial charge in [0.25, 0.3) is 0 Å². The van der Waals surface area contributed by atoms with Crippen LogP contribution in [0.25, 0.3) is 45.0 Å². The van der Waals surface area contributed by atoms with Crippen molar-refractivity contribution >= 4 is 23.2 Å². The summed E-state index contributed by atoms with van der Waals surface area (Å²) in [6.07, 6.45) is 0. The van der Waals surface area contributed by atoms with Crippen molar-refractivity contribution in [1.82, 2.24) is 59.9 Å². The van der Waals surface area contributed by atoms with Gasteiger partial charge < -0.3 is 19.3 Å². The third-order valence-corrected chi connectivity index (χ3v) is 13.5. The first kappa shape index (κ1) is 48.2. The first-order chi connectivity index (χ1) is 35.8. The molecule has 11 rings (SSSR count). The van der Waals surface area contributed by atoms with E-state index in [1.165, 1.54) is 0 Å². The number of nitrogens with zero attached hydrogens (tertiary/aromatic N) is 11. The number of aromatic amines is 1. The lowest BCUT2D eigenvalue weighted by Gasteiger charge is -2.34. The number of aromatic nitrogens is 12. The van der Waals surface area contributed by atoms with Crippen LogP contribution in [0.3, 0.4) is 0 Å². The van der Waals surface area contributed by atoms with E-state index in [0.717, 1.165) is 72.8 Å². The zero-order valence-corrected chi connectivity index (χ0v) is 41.3. The second-order valence-corrected chi connectivity index (χ2v) is 17.9. The number of hydrogen-bond donors (Lipinski definition) is 3. The molecule has 0 radical (unpaired) electrons. The maximum atomic E-state index is 9.80. The van der Waals surface area contributed by atoms with Gasteiger partial charge in [-0.3, -0.25) is 0 Å². The monoisotopic (exact) mass is 1000 g/mol. The quantitative estimate of drug-likeness (QED) is 0.0890. The average Bonchev–Trinajstić information content (AvgIpc) is 4.26. The summed E-state index contributed by atoms with van der Waals surface area (Å²) in [6, 6.07) is 63.6. The van der Waals surface area contributed by atoms with E-state index in [0.29, 0.717) is 46.4 Å². The molecular weight excluding hydrogens is 956 g/mol. The smallest absolute Gasteiger partial charge is 0.205 e. The Morgan fingerprint density at radius 3 is 1.27 bits per heavy atom. The fourth-order valence-electron chi connectivity index (χ4n) is 9.30. The summed E-state index contributed by atoms with van der Waals surface area (Å²) < 4.78 is 3.86. The normalized spacial score (nSPS) is 11.4. The minimum Gasteiger partial charge on any atom is -0.390 e. The van der Waals surface area contributed by atoms with E-state index in [1.54, 1.807) is 4.80 Å². The van der Waals surface area contributed by atoms with E-state index in [2.05, 4.69) is 127 Å². The van der Waals surface area contributed by atoms with Gasteiger partial charge in [0.1, 0.15) is 11.6 Å². The molecule has 0 unspecified atom stereocenters. The number of H-pyrrole nitrogens is 1. The van der Waals surface area contributed by atoms with Crippen LogP contribution in [-0.4, -0.2) is 70.1 Å². The van der Waals surface area contributed by atoms with Crippen molar-refractivity contribution in [3.63, 3.8) is 0 Å². The van der Waals surface area contributed by atoms with Gasteiger partial charge in [0.05, 0.1) is 24.6 Å². The molecule has 0 aliphatic rings. The molecule has 4 heterocycles. The van der Waals surface area contributed by atoms with Crippen molar-refractivity contribution in [2.45, 2.75) is 45.7 Å². The van der Waals surface area contributed by atoms with Crippen molar-refractivity contribution in [3.8, 4) is 45.0 Å². The van der Waals surface area contributed by atoms with Crippen LogP contribution in [0.15, 0.2) is 188 Å². The number of nitrogens with one attached hydrogen (secondary N) is 1. The molecule has 0 amide bonds. The number of aliphatic hydroxyl groups is 2. The highest BCUT2D eigenvalue weighted by Crippen LogP contribution is 2.41. The molecule has 0 atom stereocenters. The number of imidazole rings is 2. The van der Waals surface area contributed by atoms with Crippen LogP contribution in [0.5, 0.6) is 0 Å². The minimum atomic E-state index is -0.854. The molecule has 0 aliphatic heterocycles. The highest BCUT2D eigenvalue weighted by atomic mass is 35.5. The topological polar surface area (TPSA) is 174 Å². The van der Waals surface area contributed by atoms with E-state index in [4.69, 9.17) is 33.5 Å². The number of tetrazole rings is 2. The third kappa shape index (κ3) is 9.72. The summed E-state index contributed by atoms with van der Waals surface area (Å²) in [5.74, 6) is 2.62. The zero-order valence-electron chi connectivity index (χ0n) is 39.8. The molecule has 362 valence electrons. The Balaban J connectivity index is 0.000000192. The van der Waals surface area contributed by atoms with Crippen molar-refractivity contribution in [2.24, 2.45) is 0 Å². The lowest BCUT2D eigenvalue weighted by atomic mass is 9.77. The summed E-state index contributed by atoms with van der Waals surface area (Å²) in [5.41, 5.74) is 11.5. The average molecular weight is 1000 g/mol. The van der Waals surface area contributed by atoms with Gasteiger partial charge in [0.2, 0.25) is 11.6 Å².